The molecule has 0 radical (unpaired) electrons. The van der Waals surface area contributed by atoms with Crippen LogP contribution >= 0.6 is 0 Å². The molecule has 1 N–H and O–H groups in total. The second-order valence-electron chi connectivity index (χ2n) is 1.94. The number of nitrogens with one attached hydrogen (secondary N) is 1. The third-order valence-electron chi connectivity index (χ3n) is 1.02. The molecule has 3 heteroatoms. The topological polar surface area (TPSA) is 33.6 Å². The minimum absolute atomic E-state index is 0.858. The van der Waals surface area contributed by atoms with Gasteiger partial charge in [-0.1, -0.05) is 0 Å². The molecule has 0 aliphatic heterocycles. The zero-order valence-corrected chi connectivity index (χ0v) is 6.93. The number of hydrogen-bond acceptors (Lipinski definition) is 3. The summed E-state index contributed by atoms with van der Waals surface area (Å²) in [6.07, 6.45) is 1.86. The van der Waals surface area contributed by atoms with E-state index in [1.54, 1.807) is 14.2 Å². The fraction of sp³-hybridized carbons (Fsp3) is 0.571. The number of hydrazone groups is 1. The molecule has 10 heavy (non-hydrogen) atoms. The Morgan fingerprint density at radius 1 is 1.50 bits per heavy atom. The number of hydrogen-bond donors (Lipinski definition) is 1. The van der Waals surface area contributed by atoms with E-state index in [4.69, 9.17) is 4.74 Å². The summed E-state index contributed by atoms with van der Waals surface area (Å²) in [6.45, 7) is 3.79. The van der Waals surface area contributed by atoms with E-state index >= 15 is 0 Å². The lowest BCUT2D eigenvalue weighted by molar-refractivity contribution is 0.294. The molecule has 0 unspecified atom stereocenters. The molecule has 0 rings (SSSR count). The summed E-state index contributed by atoms with van der Waals surface area (Å²) in [5.74, 6) is 0.858. The van der Waals surface area contributed by atoms with E-state index in [0.29, 0.717) is 0 Å². The van der Waals surface area contributed by atoms with Crippen LogP contribution < -0.4 is 5.43 Å². The molecule has 0 aliphatic carbocycles. The van der Waals surface area contributed by atoms with Gasteiger partial charge in [-0.2, -0.15) is 5.10 Å². The Morgan fingerprint density at radius 2 is 2.10 bits per heavy atom. The van der Waals surface area contributed by atoms with E-state index < -0.39 is 0 Å². The monoisotopic (exact) mass is 142 g/mol. The predicted octanol–water partition coefficient (Wildman–Crippen LogP) is 1.13. The van der Waals surface area contributed by atoms with Crippen molar-refractivity contribution in [2.75, 3.05) is 14.2 Å². The van der Waals surface area contributed by atoms with Gasteiger partial charge < -0.3 is 10.2 Å². The zero-order chi connectivity index (χ0) is 7.98. The minimum Gasteiger partial charge on any atom is -0.501 e. The maximum absolute atomic E-state index is 4.92. The van der Waals surface area contributed by atoms with Crippen LogP contribution in [-0.4, -0.2) is 19.9 Å². The first-order chi connectivity index (χ1) is 4.70. The van der Waals surface area contributed by atoms with Gasteiger partial charge in [0.1, 0.15) is 0 Å². The van der Waals surface area contributed by atoms with Crippen LogP contribution in [0.2, 0.25) is 0 Å². The van der Waals surface area contributed by atoms with Crippen LogP contribution in [0.5, 0.6) is 0 Å². The average Bonchev–Trinajstić information content (AvgIpc) is 1.88. The van der Waals surface area contributed by atoms with Gasteiger partial charge in [-0.3, -0.25) is 0 Å². The van der Waals surface area contributed by atoms with Crippen molar-refractivity contribution in [3.05, 3.63) is 11.8 Å². The summed E-state index contributed by atoms with van der Waals surface area (Å²) in [5.41, 5.74) is 3.59. The van der Waals surface area contributed by atoms with E-state index in [-0.39, 0.29) is 0 Å². The molecule has 0 saturated heterocycles. The molecule has 3 nitrogen and oxygen atoms in total. The Bertz CT molecular complexity index is 150. The fourth-order valence-corrected chi connectivity index (χ4v) is 0.562. The largest absolute Gasteiger partial charge is 0.501 e. The standard InChI is InChI=1S/C7H14N2O/c1-6(9-8-3)5-7(2)10-4/h5,8H,1-4H3/b7-5+,9-6+. The summed E-state index contributed by atoms with van der Waals surface area (Å²) in [6, 6.07) is 0. The Balaban J connectivity index is 3.98. The van der Waals surface area contributed by atoms with Crippen LogP contribution in [0.3, 0.4) is 0 Å². The zero-order valence-electron chi connectivity index (χ0n) is 6.93. The van der Waals surface area contributed by atoms with Gasteiger partial charge in [0, 0.05) is 7.05 Å². The third kappa shape index (κ3) is 3.95. The van der Waals surface area contributed by atoms with Crippen LogP contribution in [0.4, 0.5) is 0 Å². The Hall–Kier alpha value is -0.990. The lowest BCUT2D eigenvalue weighted by atomic mass is 10.3. The number of allylic oxidation sites excluding steroid dienone is 2. The Labute approximate surface area is 61.8 Å². The molecule has 0 amide bonds. The molecule has 0 aliphatic rings. The number of methoxy groups -OCH3 is 1. The first-order valence-electron chi connectivity index (χ1n) is 3.14. The number of rotatable bonds is 3. The van der Waals surface area contributed by atoms with Gasteiger partial charge in [-0.25, -0.2) is 0 Å². The normalized spacial score (nSPS) is 13.2. The molecular weight excluding hydrogens is 128 g/mol. The molecule has 0 heterocycles. The van der Waals surface area contributed by atoms with Crippen LogP contribution in [0.1, 0.15) is 13.8 Å². The van der Waals surface area contributed by atoms with Gasteiger partial charge in [0.15, 0.2) is 0 Å². The minimum atomic E-state index is 0.858. The highest BCUT2D eigenvalue weighted by atomic mass is 16.5. The number of nitrogens with zero attached hydrogens (tertiary/aromatic N) is 1. The van der Waals surface area contributed by atoms with Crippen molar-refractivity contribution in [3.8, 4) is 0 Å². The molecule has 58 valence electrons. The quantitative estimate of drug-likeness (QED) is 0.364. The van der Waals surface area contributed by atoms with Gasteiger partial charge in [-0.15, -0.1) is 0 Å². The molecule has 0 atom stereocenters. The van der Waals surface area contributed by atoms with Gasteiger partial charge in [0.25, 0.3) is 0 Å². The van der Waals surface area contributed by atoms with Gasteiger partial charge in [0.2, 0.25) is 0 Å². The average molecular weight is 142 g/mol. The maximum atomic E-state index is 4.92. The highest BCUT2D eigenvalue weighted by Gasteiger charge is 1.86. The first kappa shape index (κ1) is 9.01. The summed E-state index contributed by atoms with van der Waals surface area (Å²) < 4.78 is 4.92. The molecule has 0 saturated carbocycles. The smallest absolute Gasteiger partial charge is 0.0943 e. The lowest BCUT2D eigenvalue weighted by Gasteiger charge is -1.97. The molecule has 0 spiro atoms. The van der Waals surface area contributed by atoms with Gasteiger partial charge in [-0.05, 0) is 19.9 Å². The van der Waals surface area contributed by atoms with Crippen molar-refractivity contribution in [2.24, 2.45) is 5.10 Å². The van der Waals surface area contributed by atoms with Gasteiger partial charge >= 0.3 is 0 Å². The van der Waals surface area contributed by atoms with Gasteiger partial charge in [0.05, 0.1) is 18.6 Å². The molecule has 0 aromatic rings. The summed E-state index contributed by atoms with van der Waals surface area (Å²) >= 11 is 0. The van der Waals surface area contributed by atoms with Crippen molar-refractivity contribution in [1.29, 1.82) is 0 Å². The van der Waals surface area contributed by atoms with Crippen LogP contribution in [0, 0.1) is 0 Å². The van der Waals surface area contributed by atoms with Crippen LogP contribution in [-0.2, 0) is 4.74 Å². The van der Waals surface area contributed by atoms with E-state index in [1.807, 2.05) is 19.9 Å². The highest BCUT2D eigenvalue weighted by molar-refractivity contribution is 5.92. The van der Waals surface area contributed by atoms with Crippen molar-refractivity contribution in [3.63, 3.8) is 0 Å². The summed E-state index contributed by atoms with van der Waals surface area (Å²) in [5, 5.41) is 3.92. The van der Waals surface area contributed by atoms with E-state index in [2.05, 4.69) is 10.5 Å². The van der Waals surface area contributed by atoms with Crippen molar-refractivity contribution < 1.29 is 4.74 Å². The van der Waals surface area contributed by atoms with Crippen molar-refractivity contribution in [2.45, 2.75) is 13.8 Å². The molecular formula is C7H14N2O. The molecule has 0 aromatic heterocycles. The van der Waals surface area contributed by atoms with Crippen LogP contribution in [0.25, 0.3) is 0 Å². The molecule has 0 aromatic carbocycles. The fourth-order valence-electron chi connectivity index (χ4n) is 0.562. The summed E-state index contributed by atoms with van der Waals surface area (Å²) in [7, 11) is 3.40. The first-order valence-corrected chi connectivity index (χ1v) is 3.14. The lowest BCUT2D eigenvalue weighted by Crippen LogP contribution is -1.99. The van der Waals surface area contributed by atoms with E-state index in [9.17, 15) is 0 Å². The number of ether oxygens (including phenoxy) is 1. The van der Waals surface area contributed by atoms with E-state index in [1.165, 1.54) is 0 Å². The van der Waals surface area contributed by atoms with Crippen molar-refractivity contribution in [1.82, 2.24) is 5.43 Å². The van der Waals surface area contributed by atoms with Crippen molar-refractivity contribution >= 4 is 5.71 Å². The highest BCUT2D eigenvalue weighted by Crippen LogP contribution is 1.92. The predicted molar refractivity (Wildman–Crippen MR) is 42.9 cm³/mol. The second-order valence-corrected chi connectivity index (χ2v) is 1.94. The maximum Gasteiger partial charge on any atom is 0.0943 e. The second kappa shape index (κ2) is 4.85. The SMILES string of the molecule is CN/N=C(C)/C=C(\C)OC. The van der Waals surface area contributed by atoms with Crippen LogP contribution in [0.15, 0.2) is 16.9 Å². The Morgan fingerprint density at radius 3 is 2.50 bits per heavy atom. The summed E-state index contributed by atoms with van der Waals surface area (Å²) in [4.78, 5) is 0. The van der Waals surface area contributed by atoms with E-state index in [0.717, 1.165) is 11.5 Å². The molecule has 0 bridgehead atoms. The Kier molecular flexibility index (Phi) is 4.37. The molecule has 0 fully saturated rings. The third-order valence-corrected chi connectivity index (χ3v) is 1.02.